The molecule has 1 aliphatic rings. The van der Waals surface area contributed by atoms with Gasteiger partial charge in [0.2, 0.25) is 0 Å². The van der Waals surface area contributed by atoms with E-state index in [0.717, 1.165) is 31.7 Å². The number of nitriles is 2. The molecule has 1 heterocycles. The summed E-state index contributed by atoms with van der Waals surface area (Å²) >= 11 is 0. The number of carbonyl (C=O) groups is 1. The van der Waals surface area contributed by atoms with Gasteiger partial charge in [-0.3, -0.25) is 4.90 Å². The van der Waals surface area contributed by atoms with Gasteiger partial charge < -0.3 is 15.0 Å². The van der Waals surface area contributed by atoms with E-state index in [2.05, 4.69) is 10.2 Å². The number of hydrogen-bond acceptors (Lipinski definition) is 6. The molecule has 7 heteroatoms. The minimum atomic E-state index is -0.462. The summed E-state index contributed by atoms with van der Waals surface area (Å²) in [5.41, 5.74) is 1.62. The van der Waals surface area contributed by atoms with Crippen molar-refractivity contribution in [3.05, 3.63) is 41.6 Å². The van der Waals surface area contributed by atoms with Crippen LogP contribution >= 0.6 is 0 Å². The lowest BCUT2D eigenvalue weighted by atomic mass is 10.1. The molecule has 1 aromatic carbocycles. The van der Waals surface area contributed by atoms with Crippen LogP contribution in [0.2, 0.25) is 0 Å². The Hall–Kier alpha value is -3.03. The molecule has 148 valence electrons. The number of nitrogens with one attached hydrogen (secondary N) is 1. The van der Waals surface area contributed by atoms with Crippen molar-refractivity contribution in [1.82, 2.24) is 9.80 Å². The van der Waals surface area contributed by atoms with Gasteiger partial charge in [-0.05, 0) is 44.9 Å². The normalized spacial score (nSPS) is 14.5. The first kappa shape index (κ1) is 21.3. The van der Waals surface area contributed by atoms with Gasteiger partial charge in [0.15, 0.2) is 0 Å². The van der Waals surface area contributed by atoms with E-state index in [1.165, 1.54) is 11.8 Å². The number of piperazine rings is 1. The summed E-state index contributed by atoms with van der Waals surface area (Å²) in [7, 11) is 0. The van der Waals surface area contributed by atoms with E-state index in [-0.39, 0.29) is 11.7 Å². The fraction of sp³-hybridized carbons (Fsp3) is 0.476. The zero-order valence-electron chi connectivity index (χ0n) is 16.7. The van der Waals surface area contributed by atoms with Gasteiger partial charge >= 0.3 is 6.09 Å². The van der Waals surface area contributed by atoms with Crippen molar-refractivity contribution in [2.45, 2.75) is 32.8 Å². The quantitative estimate of drug-likeness (QED) is 0.788. The third-order valence-corrected chi connectivity index (χ3v) is 4.32. The topological polar surface area (TPSA) is 92.4 Å². The van der Waals surface area contributed by atoms with Gasteiger partial charge in [-0.1, -0.05) is 12.1 Å². The molecule has 1 saturated heterocycles. The highest BCUT2D eigenvalue weighted by atomic mass is 16.6. The van der Waals surface area contributed by atoms with E-state index in [0.29, 0.717) is 13.1 Å². The Balaban J connectivity index is 1.75. The van der Waals surface area contributed by atoms with Crippen LogP contribution in [0, 0.1) is 22.7 Å². The fourth-order valence-electron chi connectivity index (χ4n) is 2.78. The van der Waals surface area contributed by atoms with Crippen molar-refractivity contribution in [3.63, 3.8) is 0 Å². The first-order valence-corrected chi connectivity index (χ1v) is 9.37. The molecule has 2 rings (SSSR count). The number of benzene rings is 1. The van der Waals surface area contributed by atoms with Crippen molar-refractivity contribution in [3.8, 4) is 12.1 Å². The number of carbonyl (C=O) groups excluding carboxylic acids is 1. The predicted octanol–water partition coefficient (Wildman–Crippen LogP) is 3.12. The molecule has 0 aliphatic carbocycles. The zero-order valence-corrected chi connectivity index (χ0v) is 16.7. The molecule has 0 saturated carbocycles. The average molecular weight is 381 g/mol. The van der Waals surface area contributed by atoms with E-state index < -0.39 is 5.60 Å². The highest BCUT2D eigenvalue weighted by Crippen LogP contribution is 2.14. The Kier molecular flexibility index (Phi) is 7.43. The highest BCUT2D eigenvalue weighted by molar-refractivity contribution is 5.68. The number of allylic oxidation sites excluding steroid dienone is 1. The number of ether oxygens (including phenoxy) is 1. The third kappa shape index (κ3) is 6.94. The smallest absolute Gasteiger partial charge is 0.410 e. The second-order valence-corrected chi connectivity index (χ2v) is 7.68. The van der Waals surface area contributed by atoms with Crippen LogP contribution in [0.5, 0.6) is 0 Å². The van der Waals surface area contributed by atoms with E-state index in [4.69, 9.17) is 15.3 Å². The van der Waals surface area contributed by atoms with Crippen LogP contribution in [0.15, 0.2) is 36.0 Å². The summed E-state index contributed by atoms with van der Waals surface area (Å²) in [6, 6.07) is 11.5. The zero-order chi connectivity index (χ0) is 20.6. The maximum Gasteiger partial charge on any atom is 0.410 e. The molecule has 1 fully saturated rings. The summed E-state index contributed by atoms with van der Waals surface area (Å²) in [5.74, 6) is 0. The molecule has 0 unspecified atom stereocenters. The van der Waals surface area contributed by atoms with Crippen molar-refractivity contribution in [1.29, 1.82) is 10.5 Å². The Bertz CT molecular complexity index is 757. The maximum absolute atomic E-state index is 12.1. The van der Waals surface area contributed by atoms with Crippen LogP contribution in [-0.2, 0) is 11.2 Å². The minimum Gasteiger partial charge on any atom is -0.444 e. The molecule has 0 spiro atoms. The summed E-state index contributed by atoms with van der Waals surface area (Å²) < 4.78 is 5.42. The van der Waals surface area contributed by atoms with Gasteiger partial charge in [-0.25, -0.2) is 4.79 Å². The molecule has 28 heavy (non-hydrogen) atoms. The lowest BCUT2D eigenvalue weighted by Crippen LogP contribution is -2.50. The molecule has 0 bridgehead atoms. The van der Waals surface area contributed by atoms with Crippen LogP contribution in [0.1, 0.15) is 26.3 Å². The Labute approximate surface area is 166 Å². The second kappa shape index (κ2) is 9.77. The van der Waals surface area contributed by atoms with E-state index in [1.54, 1.807) is 4.90 Å². The van der Waals surface area contributed by atoms with E-state index in [1.807, 2.05) is 57.2 Å². The summed E-state index contributed by atoms with van der Waals surface area (Å²) in [6.07, 6.45) is 2.09. The predicted molar refractivity (Wildman–Crippen MR) is 107 cm³/mol. The fourth-order valence-corrected chi connectivity index (χ4v) is 2.78. The Morgan fingerprint density at radius 3 is 2.29 bits per heavy atom. The van der Waals surface area contributed by atoms with E-state index in [9.17, 15) is 4.79 Å². The molecule has 0 atom stereocenters. The SMILES string of the molecule is CC(C)(C)OC(=O)N1CCN(CCc2ccc(NC=C(C#N)C#N)cc2)CC1. The van der Waals surface area contributed by atoms with Gasteiger partial charge in [0, 0.05) is 44.6 Å². The second-order valence-electron chi connectivity index (χ2n) is 7.68. The molecule has 1 N–H and O–H groups in total. The van der Waals surface area contributed by atoms with Gasteiger partial charge in [0.25, 0.3) is 0 Å². The van der Waals surface area contributed by atoms with Crippen molar-refractivity contribution in [2.24, 2.45) is 0 Å². The lowest BCUT2D eigenvalue weighted by Gasteiger charge is -2.35. The number of rotatable bonds is 5. The molecule has 0 radical (unpaired) electrons. The van der Waals surface area contributed by atoms with Crippen LogP contribution < -0.4 is 5.32 Å². The van der Waals surface area contributed by atoms with Gasteiger partial charge in [-0.15, -0.1) is 0 Å². The number of hydrogen-bond donors (Lipinski definition) is 1. The maximum atomic E-state index is 12.1. The van der Waals surface area contributed by atoms with Crippen molar-refractivity contribution < 1.29 is 9.53 Å². The average Bonchev–Trinajstić information content (AvgIpc) is 2.67. The highest BCUT2D eigenvalue weighted by Gasteiger charge is 2.25. The molecule has 1 aromatic rings. The molecule has 1 amide bonds. The Morgan fingerprint density at radius 2 is 1.75 bits per heavy atom. The van der Waals surface area contributed by atoms with Crippen LogP contribution in [0.3, 0.4) is 0 Å². The summed E-state index contributed by atoms with van der Waals surface area (Å²) in [6.45, 7) is 9.62. The molecule has 0 aromatic heterocycles. The lowest BCUT2D eigenvalue weighted by molar-refractivity contribution is 0.0146. The number of amides is 1. The largest absolute Gasteiger partial charge is 0.444 e. The first-order chi connectivity index (χ1) is 13.3. The minimum absolute atomic E-state index is 0.0367. The molecule has 7 nitrogen and oxygen atoms in total. The van der Waals surface area contributed by atoms with Gasteiger partial charge in [0.05, 0.1) is 0 Å². The van der Waals surface area contributed by atoms with Gasteiger partial charge in [0.1, 0.15) is 23.3 Å². The third-order valence-electron chi connectivity index (χ3n) is 4.32. The van der Waals surface area contributed by atoms with E-state index >= 15 is 0 Å². The van der Waals surface area contributed by atoms with Crippen LogP contribution in [0.25, 0.3) is 0 Å². The molecular formula is C21H27N5O2. The Morgan fingerprint density at radius 1 is 1.14 bits per heavy atom. The molecule has 1 aliphatic heterocycles. The van der Waals surface area contributed by atoms with Crippen LogP contribution in [0.4, 0.5) is 10.5 Å². The monoisotopic (exact) mass is 381 g/mol. The first-order valence-electron chi connectivity index (χ1n) is 9.37. The van der Waals surface area contributed by atoms with Crippen molar-refractivity contribution in [2.75, 3.05) is 38.0 Å². The van der Waals surface area contributed by atoms with Crippen molar-refractivity contribution >= 4 is 11.8 Å². The van der Waals surface area contributed by atoms with Gasteiger partial charge in [-0.2, -0.15) is 10.5 Å². The summed E-state index contributed by atoms with van der Waals surface area (Å²) in [5, 5.41) is 20.4. The van der Waals surface area contributed by atoms with Crippen LogP contribution in [-0.4, -0.2) is 54.2 Å². The summed E-state index contributed by atoms with van der Waals surface area (Å²) in [4.78, 5) is 16.2. The standard InChI is InChI=1S/C21H27N5O2/c1-21(2,3)28-20(27)26-12-10-25(11-13-26)9-8-17-4-6-19(7-5-17)24-16-18(14-22)15-23/h4-7,16,24H,8-13H2,1-3H3. The number of anilines is 1. The molecular weight excluding hydrogens is 354 g/mol. The number of nitrogens with zero attached hydrogens (tertiary/aromatic N) is 4.